The minimum atomic E-state index is 1.18. The number of nitrogens with zero attached hydrogens (tertiary/aromatic N) is 1. The second-order valence-electron chi connectivity index (χ2n) is 12.1. The molecule has 10 rings (SSSR count). The lowest BCUT2D eigenvalue weighted by molar-refractivity contribution is 1.18. The SMILES string of the molecule is c1ccc(-n2c3ccccc3c3c4cccc(-c5ccccc5-c5ccc6c(c5)-c5cccc7cccc(c57)S6)c4ccc32)cc1. The average molecular weight is 602 g/mol. The quantitative estimate of drug-likeness (QED) is 0.195. The Morgan fingerprint density at radius 2 is 1.09 bits per heavy atom. The van der Waals surface area contributed by atoms with Crippen molar-refractivity contribution in [1.82, 2.24) is 4.57 Å². The summed E-state index contributed by atoms with van der Waals surface area (Å²) in [5, 5.41) is 7.79. The van der Waals surface area contributed by atoms with Crippen molar-refractivity contribution in [2.24, 2.45) is 0 Å². The summed E-state index contributed by atoms with van der Waals surface area (Å²) in [5.74, 6) is 0. The van der Waals surface area contributed by atoms with Crippen LogP contribution in [0.4, 0.5) is 0 Å². The van der Waals surface area contributed by atoms with Gasteiger partial charge in [0.2, 0.25) is 0 Å². The molecule has 8 aromatic carbocycles. The van der Waals surface area contributed by atoms with Gasteiger partial charge in [-0.05, 0) is 92.0 Å². The zero-order chi connectivity index (χ0) is 30.2. The summed E-state index contributed by atoms with van der Waals surface area (Å²) in [4.78, 5) is 2.65. The van der Waals surface area contributed by atoms with Crippen LogP contribution in [0.3, 0.4) is 0 Å². The highest BCUT2D eigenvalue weighted by atomic mass is 32.2. The molecule has 214 valence electrons. The third kappa shape index (κ3) is 3.71. The fraction of sp³-hybridized carbons (Fsp3) is 0. The van der Waals surface area contributed by atoms with Crippen molar-refractivity contribution in [3.8, 4) is 39.1 Å². The number of para-hydroxylation sites is 2. The van der Waals surface area contributed by atoms with Crippen molar-refractivity contribution in [2.75, 3.05) is 0 Å². The van der Waals surface area contributed by atoms with Gasteiger partial charge in [-0.25, -0.2) is 0 Å². The van der Waals surface area contributed by atoms with Crippen LogP contribution in [-0.4, -0.2) is 4.57 Å². The zero-order valence-electron chi connectivity index (χ0n) is 24.9. The third-order valence-corrected chi connectivity index (χ3v) is 10.7. The van der Waals surface area contributed by atoms with E-state index < -0.39 is 0 Å². The highest BCUT2D eigenvalue weighted by Crippen LogP contribution is 2.49. The topological polar surface area (TPSA) is 4.93 Å². The zero-order valence-corrected chi connectivity index (χ0v) is 25.8. The Bertz CT molecular complexity index is 2660. The van der Waals surface area contributed by atoms with Crippen molar-refractivity contribution in [2.45, 2.75) is 9.79 Å². The van der Waals surface area contributed by atoms with Gasteiger partial charge in [0, 0.05) is 31.6 Å². The predicted molar refractivity (Wildman–Crippen MR) is 196 cm³/mol. The molecule has 0 radical (unpaired) electrons. The van der Waals surface area contributed by atoms with Gasteiger partial charge >= 0.3 is 0 Å². The second-order valence-corrected chi connectivity index (χ2v) is 13.2. The lowest BCUT2D eigenvalue weighted by Gasteiger charge is -2.21. The molecular weight excluding hydrogens is 575 g/mol. The molecule has 9 aromatic rings. The Balaban J connectivity index is 1.19. The molecule has 1 nitrogen and oxygen atoms in total. The Morgan fingerprint density at radius 1 is 0.370 bits per heavy atom. The van der Waals surface area contributed by atoms with Crippen LogP contribution in [0.1, 0.15) is 0 Å². The van der Waals surface area contributed by atoms with Gasteiger partial charge < -0.3 is 4.57 Å². The first-order valence-electron chi connectivity index (χ1n) is 15.8. The predicted octanol–water partition coefficient (Wildman–Crippen LogP) is 12.6. The Hall–Kier alpha value is -5.57. The fourth-order valence-corrected chi connectivity index (χ4v) is 8.75. The minimum Gasteiger partial charge on any atom is -0.309 e. The van der Waals surface area contributed by atoms with Crippen molar-refractivity contribution < 1.29 is 0 Å². The summed E-state index contributed by atoms with van der Waals surface area (Å²) in [7, 11) is 0. The molecule has 2 heterocycles. The molecule has 0 fully saturated rings. The Labute approximate surface area is 271 Å². The molecule has 1 aromatic heterocycles. The summed E-state index contributed by atoms with van der Waals surface area (Å²) in [5.41, 5.74) is 11.3. The second kappa shape index (κ2) is 9.97. The summed E-state index contributed by atoms with van der Waals surface area (Å²) in [6.45, 7) is 0. The van der Waals surface area contributed by atoms with Crippen LogP contribution >= 0.6 is 11.8 Å². The number of aromatic nitrogens is 1. The number of fused-ring (bicyclic) bond motifs is 7. The summed E-state index contributed by atoms with van der Waals surface area (Å²) in [6, 6.07) is 60.2. The summed E-state index contributed by atoms with van der Waals surface area (Å²) in [6.07, 6.45) is 0. The van der Waals surface area contributed by atoms with Gasteiger partial charge in [-0.1, -0.05) is 133 Å². The van der Waals surface area contributed by atoms with E-state index >= 15 is 0 Å². The first-order chi connectivity index (χ1) is 22.8. The van der Waals surface area contributed by atoms with E-state index in [-0.39, 0.29) is 0 Å². The Kier molecular flexibility index (Phi) is 5.58. The van der Waals surface area contributed by atoms with Gasteiger partial charge in [-0.15, -0.1) is 0 Å². The highest BCUT2D eigenvalue weighted by molar-refractivity contribution is 7.99. The highest BCUT2D eigenvalue weighted by Gasteiger charge is 2.21. The fourth-order valence-electron chi connectivity index (χ4n) is 7.62. The van der Waals surface area contributed by atoms with E-state index in [4.69, 9.17) is 0 Å². The molecule has 46 heavy (non-hydrogen) atoms. The average Bonchev–Trinajstić information content (AvgIpc) is 3.47. The van der Waals surface area contributed by atoms with Crippen LogP contribution in [0.15, 0.2) is 174 Å². The molecule has 0 amide bonds. The Morgan fingerprint density at radius 3 is 2.00 bits per heavy atom. The molecule has 0 bridgehead atoms. The smallest absolute Gasteiger partial charge is 0.0547 e. The molecule has 0 N–H and O–H groups in total. The van der Waals surface area contributed by atoms with E-state index in [0.717, 1.165) is 0 Å². The van der Waals surface area contributed by atoms with E-state index in [0.29, 0.717) is 0 Å². The molecule has 2 heteroatoms. The van der Waals surface area contributed by atoms with Crippen molar-refractivity contribution in [3.05, 3.63) is 164 Å². The van der Waals surface area contributed by atoms with Crippen molar-refractivity contribution in [3.63, 3.8) is 0 Å². The standard InChI is InChI=1S/C44H27NS/c1-2-13-30(14-3-1)45-39-21-7-6-17-37(39)44-35-20-10-18-33(34(35)24-25-40(44)45)32-16-5-4-15-31(32)29-23-26-41-38(27-29)36-19-8-11-28-12-9-22-42(46-41)43(28)36/h1-27H. The molecule has 0 atom stereocenters. The maximum Gasteiger partial charge on any atom is 0.0547 e. The largest absolute Gasteiger partial charge is 0.309 e. The van der Waals surface area contributed by atoms with Crippen LogP contribution in [-0.2, 0) is 0 Å². The van der Waals surface area contributed by atoms with Crippen LogP contribution in [0.2, 0.25) is 0 Å². The van der Waals surface area contributed by atoms with Crippen LogP contribution < -0.4 is 0 Å². The van der Waals surface area contributed by atoms with Gasteiger partial charge in [-0.2, -0.15) is 0 Å². The first-order valence-corrected chi connectivity index (χ1v) is 16.6. The lowest BCUT2D eigenvalue weighted by atomic mass is 9.89. The van der Waals surface area contributed by atoms with E-state index in [1.807, 2.05) is 11.8 Å². The van der Waals surface area contributed by atoms with E-state index in [9.17, 15) is 0 Å². The van der Waals surface area contributed by atoms with Gasteiger partial charge in [0.1, 0.15) is 0 Å². The third-order valence-electron chi connectivity index (χ3n) is 9.59. The normalized spacial score (nSPS) is 12.3. The van der Waals surface area contributed by atoms with Gasteiger partial charge in [0.05, 0.1) is 11.0 Å². The molecule has 0 saturated heterocycles. The van der Waals surface area contributed by atoms with Crippen molar-refractivity contribution >= 4 is 55.1 Å². The first kappa shape index (κ1) is 25.7. The summed E-state index contributed by atoms with van der Waals surface area (Å²) < 4.78 is 2.40. The maximum absolute atomic E-state index is 2.41. The number of hydrogen-bond donors (Lipinski definition) is 0. The molecular formula is C44H27NS. The van der Waals surface area contributed by atoms with Gasteiger partial charge in [0.25, 0.3) is 0 Å². The van der Waals surface area contributed by atoms with E-state index in [2.05, 4.69) is 168 Å². The van der Waals surface area contributed by atoms with E-state index in [1.54, 1.807) is 0 Å². The minimum absolute atomic E-state index is 1.18. The van der Waals surface area contributed by atoms with Gasteiger partial charge in [-0.3, -0.25) is 0 Å². The van der Waals surface area contributed by atoms with E-state index in [1.165, 1.54) is 92.2 Å². The number of rotatable bonds is 3. The molecule has 0 aliphatic carbocycles. The molecule has 1 aliphatic heterocycles. The monoisotopic (exact) mass is 601 g/mol. The summed E-state index contributed by atoms with van der Waals surface area (Å²) >= 11 is 1.88. The van der Waals surface area contributed by atoms with Crippen molar-refractivity contribution in [1.29, 1.82) is 0 Å². The molecule has 0 saturated carbocycles. The van der Waals surface area contributed by atoms with Crippen LogP contribution in [0, 0.1) is 0 Å². The molecule has 1 aliphatic rings. The van der Waals surface area contributed by atoms with Crippen LogP contribution in [0.5, 0.6) is 0 Å². The van der Waals surface area contributed by atoms with Crippen LogP contribution in [0.25, 0.3) is 82.4 Å². The lowest BCUT2D eigenvalue weighted by Crippen LogP contribution is -1.94. The molecule has 0 unspecified atom stereocenters. The maximum atomic E-state index is 2.41. The number of hydrogen-bond acceptors (Lipinski definition) is 1. The number of benzene rings is 8. The molecule has 0 spiro atoms. The van der Waals surface area contributed by atoms with Gasteiger partial charge in [0.15, 0.2) is 0 Å².